The first-order chi connectivity index (χ1) is 5.30. The van der Waals surface area contributed by atoms with Crippen molar-refractivity contribution in [1.82, 2.24) is 0 Å². The molecule has 0 aromatic carbocycles. The van der Waals surface area contributed by atoms with Crippen molar-refractivity contribution in [2.45, 2.75) is 38.2 Å². The minimum atomic E-state index is -1.70. The maximum Gasteiger partial charge on any atom is 0.163 e. The molecule has 0 saturated heterocycles. The summed E-state index contributed by atoms with van der Waals surface area (Å²) >= 11 is 5.60. The molecule has 3 nitrogen and oxygen atoms in total. The summed E-state index contributed by atoms with van der Waals surface area (Å²) in [6.45, 7) is 4.03. The maximum atomic E-state index is 11.0. The van der Waals surface area contributed by atoms with Gasteiger partial charge in [-0.05, 0) is 20.8 Å². The van der Waals surface area contributed by atoms with Crippen molar-refractivity contribution in [3.63, 3.8) is 0 Å². The summed E-state index contributed by atoms with van der Waals surface area (Å²) in [5.41, 5.74) is -1.70. The lowest BCUT2D eigenvalue weighted by Gasteiger charge is -2.26. The van der Waals surface area contributed by atoms with Crippen LogP contribution in [0.2, 0.25) is 0 Å². The van der Waals surface area contributed by atoms with Gasteiger partial charge in [0, 0.05) is 6.42 Å². The fourth-order valence-corrected chi connectivity index (χ4v) is 1.16. The Morgan fingerprint density at radius 1 is 1.50 bits per heavy atom. The van der Waals surface area contributed by atoms with Crippen molar-refractivity contribution in [1.29, 1.82) is 0 Å². The quantitative estimate of drug-likeness (QED) is 0.674. The van der Waals surface area contributed by atoms with E-state index >= 15 is 0 Å². The second kappa shape index (κ2) is 4.01. The van der Waals surface area contributed by atoms with Crippen LogP contribution in [0.3, 0.4) is 0 Å². The fourth-order valence-electron chi connectivity index (χ4n) is 0.925. The van der Waals surface area contributed by atoms with Crippen molar-refractivity contribution < 1.29 is 14.7 Å². The van der Waals surface area contributed by atoms with E-state index in [0.717, 1.165) is 0 Å². The first-order valence-corrected chi connectivity index (χ1v) is 4.11. The van der Waals surface area contributed by atoms with Crippen molar-refractivity contribution >= 4 is 23.2 Å². The van der Waals surface area contributed by atoms with E-state index in [4.69, 9.17) is 11.6 Å². The van der Waals surface area contributed by atoms with E-state index in [1.165, 1.54) is 20.8 Å². The minimum Gasteiger partial charge on any atom is -0.380 e. The van der Waals surface area contributed by atoms with E-state index < -0.39 is 16.8 Å². The second-order valence-electron chi connectivity index (χ2n) is 2.98. The zero-order chi connectivity index (χ0) is 9.94. The number of ketones is 2. The Hall–Kier alpha value is -0.410. The number of carbonyl (C=O) groups is 2. The van der Waals surface area contributed by atoms with Gasteiger partial charge in [0.1, 0.15) is 11.4 Å². The van der Waals surface area contributed by atoms with Crippen molar-refractivity contribution in [3.8, 4) is 0 Å². The molecule has 0 saturated carbocycles. The number of Topliss-reactive ketones (excluding diaryl/α,β-unsaturated/α-hetero) is 2. The molecule has 0 aliphatic heterocycles. The van der Waals surface area contributed by atoms with Gasteiger partial charge in [0.25, 0.3) is 0 Å². The summed E-state index contributed by atoms with van der Waals surface area (Å²) in [7, 11) is 0. The molecule has 12 heavy (non-hydrogen) atoms. The molecule has 2 atom stereocenters. The third kappa shape index (κ3) is 2.57. The van der Waals surface area contributed by atoms with E-state index in [0.29, 0.717) is 0 Å². The highest BCUT2D eigenvalue weighted by Crippen LogP contribution is 2.21. The second-order valence-corrected chi connectivity index (χ2v) is 3.63. The third-order valence-electron chi connectivity index (χ3n) is 1.79. The molecule has 0 aromatic heterocycles. The van der Waals surface area contributed by atoms with Crippen LogP contribution in [0.5, 0.6) is 0 Å². The van der Waals surface area contributed by atoms with Gasteiger partial charge in [-0.25, -0.2) is 0 Å². The van der Waals surface area contributed by atoms with E-state index in [-0.39, 0.29) is 12.2 Å². The lowest BCUT2D eigenvalue weighted by molar-refractivity contribution is -0.140. The highest BCUT2D eigenvalue weighted by molar-refractivity contribution is 6.23. The van der Waals surface area contributed by atoms with Crippen LogP contribution >= 0.6 is 11.6 Å². The van der Waals surface area contributed by atoms with Crippen LogP contribution in [0.4, 0.5) is 0 Å². The molecule has 0 bridgehead atoms. The van der Waals surface area contributed by atoms with Crippen molar-refractivity contribution in [3.05, 3.63) is 0 Å². The molecular formula is C8H13ClO3. The molecule has 0 aliphatic carbocycles. The topological polar surface area (TPSA) is 54.4 Å². The van der Waals surface area contributed by atoms with Crippen LogP contribution < -0.4 is 0 Å². The van der Waals surface area contributed by atoms with Crippen LogP contribution in [0.15, 0.2) is 0 Å². The fraction of sp³-hybridized carbons (Fsp3) is 0.750. The van der Waals surface area contributed by atoms with E-state index in [9.17, 15) is 14.7 Å². The Bertz CT molecular complexity index is 200. The monoisotopic (exact) mass is 192 g/mol. The molecule has 0 heterocycles. The van der Waals surface area contributed by atoms with Crippen LogP contribution in [-0.4, -0.2) is 27.7 Å². The zero-order valence-electron chi connectivity index (χ0n) is 7.43. The minimum absolute atomic E-state index is 0.215. The molecule has 70 valence electrons. The van der Waals surface area contributed by atoms with Gasteiger partial charge in [0.05, 0.1) is 5.38 Å². The normalized spacial score (nSPS) is 18.1. The molecule has 1 N–H and O–H groups in total. The van der Waals surface area contributed by atoms with Crippen LogP contribution in [0.1, 0.15) is 27.2 Å². The summed E-state index contributed by atoms with van der Waals surface area (Å²) in [5, 5.41) is 8.88. The molecular weight excluding hydrogens is 180 g/mol. The van der Waals surface area contributed by atoms with Gasteiger partial charge in [-0.3, -0.25) is 9.59 Å². The highest BCUT2D eigenvalue weighted by Gasteiger charge is 2.38. The van der Waals surface area contributed by atoms with Gasteiger partial charge in [-0.1, -0.05) is 0 Å². The summed E-state index contributed by atoms with van der Waals surface area (Å²) < 4.78 is 0. The van der Waals surface area contributed by atoms with Gasteiger partial charge >= 0.3 is 0 Å². The largest absolute Gasteiger partial charge is 0.380 e. The van der Waals surface area contributed by atoms with Crippen molar-refractivity contribution in [2.75, 3.05) is 0 Å². The van der Waals surface area contributed by atoms with Gasteiger partial charge in [0.15, 0.2) is 5.78 Å². The van der Waals surface area contributed by atoms with Gasteiger partial charge < -0.3 is 5.11 Å². The van der Waals surface area contributed by atoms with Gasteiger partial charge in [-0.2, -0.15) is 0 Å². The number of aliphatic hydroxyl groups is 1. The molecule has 0 fully saturated rings. The van der Waals surface area contributed by atoms with E-state index in [2.05, 4.69) is 0 Å². The third-order valence-corrected chi connectivity index (χ3v) is 2.15. The summed E-state index contributed by atoms with van der Waals surface area (Å²) in [4.78, 5) is 21.7. The number of hydrogen-bond donors (Lipinski definition) is 1. The van der Waals surface area contributed by atoms with E-state index in [1.807, 2.05) is 0 Å². The summed E-state index contributed by atoms with van der Waals surface area (Å²) in [5.74, 6) is -0.722. The SMILES string of the molecule is CC(=O)CC(O)(C(C)=O)C(C)Cl. The lowest BCUT2D eigenvalue weighted by atomic mass is 9.90. The number of alkyl halides is 1. The number of hydrogen-bond acceptors (Lipinski definition) is 3. The molecule has 4 heteroatoms. The molecule has 0 rings (SSSR count). The molecule has 0 aliphatic rings. The molecule has 0 amide bonds. The van der Waals surface area contributed by atoms with Crippen molar-refractivity contribution in [2.24, 2.45) is 0 Å². The Morgan fingerprint density at radius 2 is 1.92 bits per heavy atom. The average molecular weight is 193 g/mol. The maximum absolute atomic E-state index is 11.0. The van der Waals surface area contributed by atoms with Crippen LogP contribution in [0.25, 0.3) is 0 Å². The Balaban J connectivity index is 4.62. The number of carbonyl (C=O) groups excluding carboxylic acids is 2. The molecule has 0 aromatic rings. The first-order valence-electron chi connectivity index (χ1n) is 3.67. The first kappa shape index (κ1) is 11.6. The smallest absolute Gasteiger partial charge is 0.163 e. The Kier molecular flexibility index (Phi) is 3.87. The molecule has 0 spiro atoms. The standard InChI is InChI=1S/C8H13ClO3/c1-5(10)4-8(12,6(2)9)7(3)11/h6,12H,4H2,1-3H3. The highest BCUT2D eigenvalue weighted by atomic mass is 35.5. The Labute approximate surface area is 76.7 Å². The van der Waals surface area contributed by atoms with Gasteiger partial charge in [0.2, 0.25) is 0 Å². The summed E-state index contributed by atoms with van der Waals surface area (Å²) in [6.07, 6.45) is -0.215. The van der Waals surface area contributed by atoms with Crippen LogP contribution in [-0.2, 0) is 9.59 Å². The number of halogens is 1. The van der Waals surface area contributed by atoms with E-state index in [1.54, 1.807) is 0 Å². The predicted octanol–water partition coefficient (Wildman–Crippen LogP) is 0.913. The van der Waals surface area contributed by atoms with Gasteiger partial charge in [-0.15, -0.1) is 11.6 Å². The zero-order valence-corrected chi connectivity index (χ0v) is 8.18. The Morgan fingerprint density at radius 3 is 2.00 bits per heavy atom. The van der Waals surface area contributed by atoms with Crippen LogP contribution in [0, 0.1) is 0 Å². The average Bonchev–Trinajstić information content (AvgIpc) is 1.84. The summed E-state index contributed by atoms with van der Waals surface area (Å²) in [6, 6.07) is 0. The predicted molar refractivity (Wildman–Crippen MR) is 46.2 cm³/mol. The molecule has 2 unspecified atom stereocenters. The number of rotatable bonds is 4. The lowest BCUT2D eigenvalue weighted by Crippen LogP contribution is -2.45. The molecule has 0 radical (unpaired) electrons.